The molecule has 0 saturated heterocycles. The van der Waals surface area contributed by atoms with Crippen LogP contribution in [0.5, 0.6) is 0 Å². The van der Waals surface area contributed by atoms with E-state index >= 15 is 0 Å². The highest BCUT2D eigenvalue weighted by Gasteiger charge is 2.41. The highest BCUT2D eigenvalue weighted by Crippen LogP contribution is 2.47. The van der Waals surface area contributed by atoms with Gasteiger partial charge in [0.1, 0.15) is 0 Å². The van der Waals surface area contributed by atoms with Gasteiger partial charge < -0.3 is 4.90 Å². The molecule has 2 nitrogen and oxygen atoms in total. The standard InChI is InChI=1S/C15H15F3N2/c1-9-7-11-13(20(9)8-10-3-4-10)6-5-12(19-2)14(11)15(16,17)18/h5-6,9-10H,3-4,7-8H2,1H3. The van der Waals surface area contributed by atoms with E-state index in [1.165, 1.54) is 18.9 Å². The number of fused-ring (bicyclic) bond motifs is 1. The Labute approximate surface area is 116 Å². The highest BCUT2D eigenvalue weighted by molar-refractivity contribution is 5.71. The average molecular weight is 280 g/mol. The van der Waals surface area contributed by atoms with Crippen LogP contribution in [0.4, 0.5) is 24.5 Å². The van der Waals surface area contributed by atoms with Gasteiger partial charge in [-0.2, -0.15) is 13.2 Å². The third kappa shape index (κ3) is 2.13. The van der Waals surface area contributed by atoms with Crippen molar-refractivity contribution in [2.24, 2.45) is 5.92 Å². The molecule has 1 atom stereocenters. The van der Waals surface area contributed by atoms with Gasteiger partial charge in [0.25, 0.3) is 0 Å². The Hall–Kier alpha value is -1.70. The van der Waals surface area contributed by atoms with Crippen LogP contribution < -0.4 is 4.90 Å². The molecule has 2 aliphatic rings. The maximum absolute atomic E-state index is 13.3. The number of hydrogen-bond acceptors (Lipinski definition) is 1. The van der Waals surface area contributed by atoms with Gasteiger partial charge in [-0.25, -0.2) is 4.85 Å². The first-order valence-electron chi connectivity index (χ1n) is 6.79. The molecule has 106 valence electrons. The summed E-state index contributed by atoms with van der Waals surface area (Å²) >= 11 is 0. The molecule has 0 aromatic heterocycles. The fourth-order valence-electron chi connectivity index (χ4n) is 3.01. The SMILES string of the molecule is [C-]#[N+]c1ccc2c(c1C(F)(F)F)CC(C)N2CC1CC1. The number of halogens is 3. The van der Waals surface area contributed by atoms with Crippen LogP contribution >= 0.6 is 0 Å². The quantitative estimate of drug-likeness (QED) is 0.728. The summed E-state index contributed by atoms with van der Waals surface area (Å²) in [5.74, 6) is 0.623. The van der Waals surface area contributed by atoms with Gasteiger partial charge in [0, 0.05) is 18.3 Å². The van der Waals surface area contributed by atoms with Crippen LogP contribution in [0, 0.1) is 12.5 Å². The molecule has 3 rings (SSSR count). The predicted molar refractivity (Wildman–Crippen MR) is 70.9 cm³/mol. The fourth-order valence-corrected chi connectivity index (χ4v) is 3.01. The smallest absolute Gasteiger partial charge is 0.368 e. The van der Waals surface area contributed by atoms with Crippen molar-refractivity contribution in [2.75, 3.05) is 11.4 Å². The first-order valence-corrected chi connectivity index (χ1v) is 6.79. The van der Waals surface area contributed by atoms with E-state index in [4.69, 9.17) is 6.57 Å². The Morgan fingerprint density at radius 1 is 1.35 bits per heavy atom. The van der Waals surface area contributed by atoms with Gasteiger partial charge in [0.05, 0.1) is 12.1 Å². The minimum Gasteiger partial charge on any atom is -0.368 e. The topological polar surface area (TPSA) is 7.60 Å². The van der Waals surface area contributed by atoms with E-state index in [0.29, 0.717) is 23.6 Å². The van der Waals surface area contributed by atoms with Gasteiger partial charge in [-0.1, -0.05) is 6.07 Å². The lowest BCUT2D eigenvalue weighted by molar-refractivity contribution is -0.137. The van der Waals surface area contributed by atoms with E-state index in [1.54, 1.807) is 6.07 Å². The summed E-state index contributed by atoms with van der Waals surface area (Å²) in [6.45, 7) is 9.76. The summed E-state index contributed by atoms with van der Waals surface area (Å²) in [7, 11) is 0. The first kappa shape index (κ1) is 13.3. The molecular weight excluding hydrogens is 265 g/mol. The summed E-state index contributed by atoms with van der Waals surface area (Å²) in [6.07, 6.45) is -1.74. The van der Waals surface area contributed by atoms with Crippen molar-refractivity contribution in [3.8, 4) is 0 Å². The number of anilines is 1. The van der Waals surface area contributed by atoms with Crippen LogP contribution in [-0.2, 0) is 12.6 Å². The van der Waals surface area contributed by atoms with E-state index in [0.717, 1.165) is 6.54 Å². The Morgan fingerprint density at radius 3 is 2.60 bits per heavy atom. The Morgan fingerprint density at radius 2 is 2.05 bits per heavy atom. The second-order valence-corrected chi connectivity index (χ2v) is 5.72. The van der Waals surface area contributed by atoms with Crippen molar-refractivity contribution in [3.05, 3.63) is 34.7 Å². The molecule has 0 bridgehead atoms. The predicted octanol–water partition coefficient (Wildman–Crippen LogP) is 4.42. The van der Waals surface area contributed by atoms with Crippen LogP contribution in [0.15, 0.2) is 12.1 Å². The van der Waals surface area contributed by atoms with Crippen LogP contribution in [0.3, 0.4) is 0 Å². The second-order valence-electron chi connectivity index (χ2n) is 5.72. The molecule has 1 saturated carbocycles. The fraction of sp³-hybridized carbons (Fsp3) is 0.533. The zero-order valence-electron chi connectivity index (χ0n) is 11.2. The number of nitrogens with zero attached hydrogens (tertiary/aromatic N) is 2. The molecule has 1 fully saturated rings. The molecule has 1 aliphatic heterocycles. The van der Waals surface area contributed by atoms with Crippen LogP contribution in [0.25, 0.3) is 4.85 Å². The van der Waals surface area contributed by atoms with Crippen molar-refractivity contribution < 1.29 is 13.2 Å². The lowest BCUT2D eigenvalue weighted by Crippen LogP contribution is -2.31. The van der Waals surface area contributed by atoms with Crippen LogP contribution in [0.1, 0.15) is 30.9 Å². The summed E-state index contributed by atoms with van der Waals surface area (Å²) in [6, 6.07) is 3.07. The van der Waals surface area contributed by atoms with Gasteiger partial charge in [0.15, 0.2) is 5.69 Å². The van der Waals surface area contributed by atoms with E-state index in [9.17, 15) is 13.2 Å². The van der Waals surface area contributed by atoms with E-state index in [1.807, 2.05) is 6.92 Å². The lowest BCUT2D eigenvalue weighted by Gasteiger charge is -2.25. The Balaban J connectivity index is 2.08. The van der Waals surface area contributed by atoms with Crippen LogP contribution in [0.2, 0.25) is 0 Å². The lowest BCUT2D eigenvalue weighted by atomic mass is 10.0. The monoisotopic (exact) mass is 280 g/mol. The van der Waals surface area contributed by atoms with Crippen LogP contribution in [-0.4, -0.2) is 12.6 Å². The maximum Gasteiger partial charge on any atom is 0.407 e. The zero-order valence-corrected chi connectivity index (χ0v) is 11.2. The molecule has 20 heavy (non-hydrogen) atoms. The van der Waals surface area contributed by atoms with E-state index in [2.05, 4.69) is 9.74 Å². The number of rotatable bonds is 2. The molecule has 0 N–H and O–H groups in total. The summed E-state index contributed by atoms with van der Waals surface area (Å²) in [5.41, 5.74) is -0.0323. The summed E-state index contributed by atoms with van der Waals surface area (Å²) in [5, 5.41) is 0. The molecule has 0 spiro atoms. The molecular formula is C15H15F3N2. The largest absolute Gasteiger partial charge is 0.407 e. The van der Waals surface area contributed by atoms with Crippen molar-refractivity contribution >= 4 is 11.4 Å². The van der Waals surface area contributed by atoms with Gasteiger partial charge in [-0.15, -0.1) is 0 Å². The average Bonchev–Trinajstić information content (AvgIpc) is 3.12. The van der Waals surface area contributed by atoms with Gasteiger partial charge in [-0.05, 0) is 43.7 Å². The van der Waals surface area contributed by atoms with Crippen molar-refractivity contribution in [1.29, 1.82) is 0 Å². The number of hydrogen-bond donors (Lipinski definition) is 0. The van der Waals surface area contributed by atoms with E-state index in [-0.39, 0.29) is 11.7 Å². The van der Waals surface area contributed by atoms with Gasteiger partial charge in [-0.3, -0.25) is 0 Å². The molecule has 1 aromatic carbocycles. The molecule has 1 unspecified atom stereocenters. The Kier molecular flexibility index (Phi) is 2.93. The van der Waals surface area contributed by atoms with Crippen molar-refractivity contribution in [2.45, 2.75) is 38.4 Å². The minimum atomic E-state index is -4.46. The number of alkyl halides is 3. The molecule has 0 radical (unpaired) electrons. The molecule has 1 aliphatic carbocycles. The zero-order chi connectivity index (χ0) is 14.5. The second kappa shape index (κ2) is 4.41. The number of benzene rings is 1. The maximum atomic E-state index is 13.3. The molecule has 1 heterocycles. The molecule has 1 aromatic rings. The first-order chi connectivity index (χ1) is 9.41. The molecule has 5 heteroatoms. The summed E-state index contributed by atoms with van der Waals surface area (Å²) < 4.78 is 39.8. The third-order valence-corrected chi connectivity index (χ3v) is 4.16. The normalized spacial score (nSPS) is 21.8. The Bertz CT molecular complexity index is 582. The van der Waals surface area contributed by atoms with E-state index < -0.39 is 11.7 Å². The van der Waals surface area contributed by atoms with Gasteiger partial charge in [0.2, 0.25) is 0 Å². The minimum absolute atomic E-state index is 0.0766. The molecule has 0 amide bonds. The third-order valence-electron chi connectivity index (χ3n) is 4.16. The van der Waals surface area contributed by atoms with Crippen molar-refractivity contribution in [1.82, 2.24) is 0 Å². The highest BCUT2D eigenvalue weighted by atomic mass is 19.4. The van der Waals surface area contributed by atoms with Crippen molar-refractivity contribution in [3.63, 3.8) is 0 Å². The summed E-state index contributed by atoms with van der Waals surface area (Å²) in [4.78, 5) is 5.13. The van der Waals surface area contributed by atoms with Gasteiger partial charge >= 0.3 is 6.18 Å².